The summed E-state index contributed by atoms with van der Waals surface area (Å²) in [6.45, 7) is 1.70. The van der Waals surface area contributed by atoms with E-state index < -0.39 is 17.7 Å². The minimum atomic E-state index is -0.561. The summed E-state index contributed by atoms with van der Waals surface area (Å²) in [4.78, 5) is 0. The molecule has 1 atom stereocenters. The molecule has 106 valence electrons. The van der Waals surface area contributed by atoms with Gasteiger partial charge in [-0.3, -0.25) is 0 Å². The molecule has 2 nitrogen and oxygen atoms in total. The fraction of sp³-hybridized carbons (Fsp3) is 0.200. The summed E-state index contributed by atoms with van der Waals surface area (Å²) < 4.78 is 33.4. The van der Waals surface area contributed by atoms with Crippen molar-refractivity contribution in [3.63, 3.8) is 0 Å². The molecule has 0 saturated carbocycles. The van der Waals surface area contributed by atoms with Crippen molar-refractivity contribution < 1.29 is 13.5 Å². The maximum absolute atomic E-state index is 13.7. The van der Waals surface area contributed by atoms with Gasteiger partial charge in [0.25, 0.3) is 0 Å². The van der Waals surface area contributed by atoms with Gasteiger partial charge in [-0.05, 0) is 47.1 Å². The van der Waals surface area contributed by atoms with E-state index in [-0.39, 0.29) is 5.56 Å². The molecule has 0 aliphatic heterocycles. The van der Waals surface area contributed by atoms with Gasteiger partial charge in [-0.1, -0.05) is 6.07 Å². The molecule has 0 spiro atoms. The Balaban J connectivity index is 2.26. The zero-order valence-electron chi connectivity index (χ0n) is 11.1. The molecule has 2 rings (SSSR count). The van der Waals surface area contributed by atoms with E-state index in [9.17, 15) is 8.78 Å². The van der Waals surface area contributed by atoms with E-state index in [1.54, 1.807) is 20.1 Å². The van der Waals surface area contributed by atoms with E-state index in [4.69, 9.17) is 4.74 Å². The number of hydrogen-bond donors (Lipinski definition) is 1. The van der Waals surface area contributed by atoms with Crippen molar-refractivity contribution in [2.75, 3.05) is 12.4 Å². The summed E-state index contributed by atoms with van der Waals surface area (Å²) >= 11 is 3.35. The monoisotopic (exact) mass is 341 g/mol. The number of hydrogen-bond acceptors (Lipinski definition) is 2. The Bertz CT molecular complexity index is 599. The lowest BCUT2D eigenvalue weighted by atomic mass is 10.1. The summed E-state index contributed by atoms with van der Waals surface area (Å²) in [6.07, 6.45) is 0. The Kier molecular flexibility index (Phi) is 4.60. The van der Waals surface area contributed by atoms with E-state index in [0.29, 0.717) is 5.75 Å². The first-order chi connectivity index (χ1) is 9.52. The van der Waals surface area contributed by atoms with Crippen LogP contribution in [0.25, 0.3) is 0 Å². The Labute approximate surface area is 124 Å². The Morgan fingerprint density at radius 1 is 1.15 bits per heavy atom. The summed E-state index contributed by atoms with van der Waals surface area (Å²) in [5.74, 6) is -0.473. The highest BCUT2D eigenvalue weighted by atomic mass is 79.9. The molecule has 2 aromatic rings. The fourth-order valence-electron chi connectivity index (χ4n) is 2.00. The van der Waals surface area contributed by atoms with Gasteiger partial charge in [0.15, 0.2) is 0 Å². The van der Waals surface area contributed by atoms with E-state index in [0.717, 1.165) is 10.2 Å². The summed E-state index contributed by atoms with van der Waals surface area (Å²) in [5, 5.41) is 3.06. The van der Waals surface area contributed by atoms with Crippen LogP contribution in [0.1, 0.15) is 18.5 Å². The van der Waals surface area contributed by atoms with Gasteiger partial charge < -0.3 is 10.1 Å². The van der Waals surface area contributed by atoms with Gasteiger partial charge >= 0.3 is 0 Å². The van der Waals surface area contributed by atoms with Gasteiger partial charge in [-0.2, -0.15) is 0 Å². The Morgan fingerprint density at radius 3 is 2.40 bits per heavy atom. The highest BCUT2D eigenvalue weighted by Gasteiger charge is 2.16. The number of nitrogens with one attached hydrogen (secondary N) is 1. The van der Waals surface area contributed by atoms with Crippen molar-refractivity contribution in [1.82, 2.24) is 0 Å². The third-order valence-electron chi connectivity index (χ3n) is 2.97. The number of methoxy groups -OCH3 is 1. The van der Waals surface area contributed by atoms with Crippen LogP contribution in [0.3, 0.4) is 0 Å². The molecule has 0 aromatic heterocycles. The lowest BCUT2D eigenvalue weighted by Crippen LogP contribution is -2.11. The minimum Gasteiger partial charge on any atom is -0.495 e. The molecule has 0 bridgehead atoms. The standard InChI is InChI=1S/C15H14BrF2NO/c1-9(15-12(17)4-3-5-13(15)18)19-10-6-7-11(16)14(8-10)20-2/h3-9,19H,1-2H3. The largest absolute Gasteiger partial charge is 0.495 e. The van der Waals surface area contributed by atoms with Crippen molar-refractivity contribution in [2.45, 2.75) is 13.0 Å². The minimum absolute atomic E-state index is 0.0226. The highest BCUT2D eigenvalue weighted by molar-refractivity contribution is 9.10. The second kappa shape index (κ2) is 6.22. The highest BCUT2D eigenvalue weighted by Crippen LogP contribution is 2.30. The smallest absolute Gasteiger partial charge is 0.135 e. The van der Waals surface area contributed by atoms with Crippen molar-refractivity contribution >= 4 is 21.6 Å². The molecule has 0 heterocycles. The number of anilines is 1. The number of ether oxygens (including phenoxy) is 1. The van der Waals surface area contributed by atoms with E-state index >= 15 is 0 Å². The molecule has 0 amide bonds. The summed E-state index contributed by atoms with van der Waals surface area (Å²) in [7, 11) is 1.56. The zero-order valence-corrected chi connectivity index (χ0v) is 12.7. The average molecular weight is 342 g/mol. The lowest BCUT2D eigenvalue weighted by molar-refractivity contribution is 0.412. The topological polar surface area (TPSA) is 21.3 Å². The Hall–Kier alpha value is -1.62. The van der Waals surface area contributed by atoms with Crippen LogP contribution in [-0.4, -0.2) is 7.11 Å². The van der Waals surface area contributed by atoms with Crippen LogP contribution in [0.4, 0.5) is 14.5 Å². The first kappa shape index (κ1) is 14.8. The van der Waals surface area contributed by atoms with Crippen LogP contribution in [0.5, 0.6) is 5.75 Å². The summed E-state index contributed by atoms with van der Waals surface area (Å²) in [6, 6.07) is 8.73. The molecule has 20 heavy (non-hydrogen) atoms. The second-order valence-corrected chi connectivity index (χ2v) is 5.21. The van der Waals surface area contributed by atoms with Crippen LogP contribution in [0, 0.1) is 11.6 Å². The average Bonchev–Trinajstić information content (AvgIpc) is 2.40. The molecule has 2 aromatic carbocycles. The molecular weight excluding hydrogens is 328 g/mol. The third-order valence-corrected chi connectivity index (χ3v) is 3.62. The lowest BCUT2D eigenvalue weighted by Gasteiger charge is -2.18. The molecule has 5 heteroatoms. The van der Waals surface area contributed by atoms with Crippen molar-refractivity contribution in [3.8, 4) is 5.75 Å². The van der Waals surface area contributed by atoms with Gasteiger partial charge in [0, 0.05) is 17.3 Å². The molecule has 1 unspecified atom stereocenters. The van der Waals surface area contributed by atoms with Gasteiger partial charge in [0.2, 0.25) is 0 Å². The molecule has 0 aliphatic rings. The van der Waals surface area contributed by atoms with Crippen LogP contribution >= 0.6 is 15.9 Å². The number of halogens is 3. The maximum atomic E-state index is 13.7. The SMILES string of the molecule is COc1cc(NC(C)c2c(F)cccc2F)ccc1Br. The first-order valence-corrected chi connectivity index (χ1v) is 6.86. The molecule has 1 N–H and O–H groups in total. The Morgan fingerprint density at radius 2 is 1.80 bits per heavy atom. The second-order valence-electron chi connectivity index (χ2n) is 4.35. The van der Waals surface area contributed by atoms with Gasteiger partial charge in [-0.25, -0.2) is 8.78 Å². The molecule has 0 radical (unpaired) electrons. The van der Waals surface area contributed by atoms with Gasteiger partial charge in [0.1, 0.15) is 17.4 Å². The van der Waals surface area contributed by atoms with Crippen molar-refractivity contribution in [2.24, 2.45) is 0 Å². The van der Waals surface area contributed by atoms with Gasteiger partial charge in [0.05, 0.1) is 17.6 Å². The summed E-state index contributed by atoms with van der Waals surface area (Å²) in [5.41, 5.74) is 0.745. The van der Waals surface area contributed by atoms with E-state index in [1.807, 2.05) is 12.1 Å². The van der Waals surface area contributed by atoms with Crippen molar-refractivity contribution in [1.29, 1.82) is 0 Å². The van der Waals surface area contributed by atoms with Crippen LogP contribution in [0.15, 0.2) is 40.9 Å². The molecule has 0 saturated heterocycles. The maximum Gasteiger partial charge on any atom is 0.135 e. The quantitative estimate of drug-likeness (QED) is 0.853. The zero-order chi connectivity index (χ0) is 14.7. The van der Waals surface area contributed by atoms with Crippen LogP contribution in [-0.2, 0) is 0 Å². The normalized spacial score (nSPS) is 12.1. The predicted molar refractivity (Wildman–Crippen MR) is 79.1 cm³/mol. The van der Waals surface area contributed by atoms with Crippen LogP contribution in [0.2, 0.25) is 0 Å². The van der Waals surface area contributed by atoms with Crippen molar-refractivity contribution in [3.05, 3.63) is 58.1 Å². The number of rotatable bonds is 4. The van der Waals surface area contributed by atoms with E-state index in [1.165, 1.54) is 18.2 Å². The molecule has 0 fully saturated rings. The molecular formula is C15H14BrF2NO. The first-order valence-electron chi connectivity index (χ1n) is 6.07. The third kappa shape index (κ3) is 3.10. The number of benzene rings is 2. The van der Waals surface area contributed by atoms with Crippen LogP contribution < -0.4 is 10.1 Å². The van der Waals surface area contributed by atoms with Gasteiger partial charge in [-0.15, -0.1) is 0 Å². The van der Waals surface area contributed by atoms with E-state index in [2.05, 4.69) is 21.2 Å². The molecule has 0 aliphatic carbocycles. The fourth-order valence-corrected chi connectivity index (χ4v) is 2.40. The predicted octanol–water partition coefficient (Wildman–Crippen LogP) is 4.91.